The summed E-state index contributed by atoms with van der Waals surface area (Å²) in [6.07, 6.45) is 4.41. The molecule has 0 radical (unpaired) electrons. The number of sulfonamides is 1. The molecule has 1 aliphatic carbocycles. The van der Waals surface area contributed by atoms with Crippen LogP contribution in [0.5, 0.6) is 0 Å². The molecule has 5 nitrogen and oxygen atoms in total. The molecule has 0 aromatic heterocycles. The van der Waals surface area contributed by atoms with Gasteiger partial charge >= 0.3 is 0 Å². The molecule has 0 heterocycles. The van der Waals surface area contributed by atoms with Gasteiger partial charge in [0.05, 0.1) is 4.90 Å². The monoisotopic (exact) mass is 312 g/mol. The summed E-state index contributed by atoms with van der Waals surface area (Å²) >= 11 is 0. The van der Waals surface area contributed by atoms with Crippen LogP contribution < -0.4 is 10.5 Å². The van der Waals surface area contributed by atoms with Gasteiger partial charge in [0.2, 0.25) is 10.0 Å². The van der Waals surface area contributed by atoms with Crippen LogP contribution >= 0.6 is 0 Å². The summed E-state index contributed by atoms with van der Waals surface area (Å²) in [5.41, 5.74) is 0.860. The molecule has 1 unspecified atom stereocenters. The first-order valence-electron chi connectivity index (χ1n) is 7.33. The lowest BCUT2D eigenvalue weighted by molar-refractivity contribution is 0.125. The summed E-state index contributed by atoms with van der Waals surface area (Å²) in [6.45, 7) is 2.93. The number of hydrogen-bond donors (Lipinski definition) is 3. The Labute approximate surface area is 126 Å². The van der Waals surface area contributed by atoms with E-state index in [2.05, 4.69) is 5.32 Å². The van der Waals surface area contributed by atoms with Gasteiger partial charge < -0.3 is 10.4 Å². The Hall–Kier alpha value is -0.950. The van der Waals surface area contributed by atoms with Gasteiger partial charge in [-0.25, -0.2) is 13.6 Å². The molecule has 1 fully saturated rings. The quantitative estimate of drug-likeness (QED) is 0.743. The minimum Gasteiger partial charge on any atom is -0.396 e. The summed E-state index contributed by atoms with van der Waals surface area (Å²) in [5, 5.41) is 18.2. The second-order valence-electron chi connectivity index (χ2n) is 6.09. The highest BCUT2D eigenvalue weighted by molar-refractivity contribution is 7.89. The second kappa shape index (κ2) is 6.44. The molecule has 0 aliphatic heterocycles. The smallest absolute Gasteiger partial charge is 0.238 e. The lowest BCUT2D eigenvalue weighted by Crippen LogP contribution is -2.36. The van der Waals surface area contributed by atoms with Gasteiger partial charge in [-0.3, -0.25) is 0 Å². The van der Waals surface area contributed by atoms with Crippen molar-refractivity contribution < 1.29 is 13.5 Å². The van der Waals surface area contributed by atoms with Crippen molar-refractivity contribution in [2.24, 2.45) is 10.6 Å². The molecule has 118 valence electrons. The van der Waals surface area contributed by atoms with E-state index >= 15 is 0 Å². The summed E-state index contributed by atoms with van der Waals surface area (Å²) < 4.78 is 22.8. The zero-order chi connectivity index (χ0) is 15.5. The Balaban J connectivity index is 2.05. The van der Waals surface area contributed by atoms with Crippen LogP contribution in [0.3, 0.4) is 0 Å². The number of aliphatic hydroxyl groups is 1. The maximum atomic E-state index is 11.4. The first-order chi connectivity index (χ1) is 9.86. The van der Waals surface area contributed by atoms with Gasteiger partial charge in [-0.1, -0.05) is 25.0 Å². The molecule has 21 heavy (non-hydrogen) atoms. The predicted octanol–water partition coefficient (Wildman–Crippen LogP) is 1.54. The Morgan fingerprint density at radius 1 is 1.38 bits per heavy atom. The summed E-state index contributed by atoms with van der Waals surface area (Å²) in [4.78, 5) is 0.131. The van der Waals surface area contributed by atoms with Gasteiger partial charge in [-0.2, -0.15) is 0 Å². The third-order valence-electron chi connectivity index (χ3n) is 4.47. The van der Waals surface area contributed by atoms with Gasteiger partial charge in [0.15, 0.2) is 0 Å². The van der Waals surface area contributed by atoms with Crippen LogP contribution in [-0.4, -0.2) is 26.7 Å². The lowest BCUT2D eigenvalue weighted by atomic mass is 9.87. The molecule has 0 amide bonds. The Bertz CT molecular complexity index is 580. The molecule has 1 saturated carbocycles. The van der Waals surface area contributed by atoms with E-state index in [4.69, 9.17) is 5.14 Å². The van der Waals surface area contributed by atoms with Crippen LogP contribution in [0.25, 0.3) is 0 Å². The molecule has 1 aliphatic rings. The molecule has 0 spiro atoms. The largest absolute Gasteiger partial charge is 0.396 e. The third kappa shape index (κ3) is 4.03. The molecule has 4 N–H and O–H groups in total. The maximum Gasteiger partial charge on any atom is 0.238 e. The van der Waals surface area contributed by atoms with Crippen LogP contribution in [-0.2, 0) is 10.0 Å². The Kier molecular flexibility index (Phi) is 5.03. The van der Waals surface area contributed by atoms with Crippen molar-refractivity contribution >= 4 is 10.0 Å². The molecule has 6 heteroatoms. The minimum absolute atomic E-state index is 0.00993. The summed E-state index contributed by atoms with van der Waals surface area (Å²) in [5.74, 6) is 0. The molecular weight excluding hydrogens is 288 g/mol. The van der Waals surface area contributed by atoms with Crippen LogP contribution in [0.2, 0.25) is 0 Å². The second-order valence-corrected chi connectivity index (χ2v) is 7.65. The fraction of sp³-hybridized carbons (Fsp3) is 0.600. The molecular formula is C15H24N2O3S. The fourth-order valence-electron chi connectivity index (χ4n) is 2.96. The standard InChI is InChI=1S/C15H24N2O3S/c1-12(17-10-15(11-18)7-2-3-8-15)13-5-4-6-14(9-13)21(16,19)20/h4-6,9,12,17-18H,2-3,7-8,10-11H2,1H3,(H2,16,19,20). The average Bonchev–Trinajstić information content (AvgIpc) is 2.93. The van der Waals surface area contributed by atoms with Gasteiger partial charge in [-0.15, -0.1) is 0 Å². The van der Waals surface area contributed by atoms with Crippen molar-refractivity contribution in [3.63, 3.8) is 0 Å². The average molecular weight is 312 g/mol. The molecule has 2 rings (SSSR count). The van der Waals surface area contributed by atoms with Crippen molar-refractivity contribution in [1.29, 1.82) is 0 Å². The Morgan fingerprint density at radius 3 is 2.62 bits per heavy atom. The number of hydrogen-bond acceptors (Lipinski definition) is 4. The van der Waals surface area contributed by atoms with Crippen LogP contribution in [0.1, 0.15) is 44.2 Å². The normalized spacial score (nSPS) is 19.6. The van der Waals surface area contributed by atoms with Crippen molar-refractivity contribution in [2.45, 2.75) is 43.5 Å². The van der Waals surface area contributed by atoms with E-state index in [9.17, 15) is 13.5 Å². The van der Waals surface area contributed by atoms with Crippen molar-refractivity contribution in [2.75, 3.05) is 13.2 Å². The van der Waals surface area contributed by atoms with Crippen LogP contribution in [0.4, 0.5) is 0 Å². The lowest BCUT2D eigenvalue weighted by Gasteiger charge is -2.29. The SMILES string of the molecule is CC(NCC1(CO)CCCC1)c1cccc(S(N)(=O)=O)c1. The molecule has 0 saturated heterocycles. The minimum atomic E-state index is -3.67. The topological polar surface area (TPSA) is 92.4 Å². The van der Waals surface area contributed by atoms with E-state index in [1.165, 1.54) is 6.07 Å². The first-order valence-corrected chi connectivity index (χ1v) is 8.88. The third-order valence-corrected chi connectivity index (χ3v) is 5.38. The van der Waals surface area contributed by atoms with Crippen LogP contribution in [0.15, 0.2) is 29.2 Å². The number of primary sulfonamides is 1. The van der Waals surface area contributed by atoms with Gasteiger partial charge in [0, 0.05) is 24.6 Å². The van der Waals surface area contributed by atoms with E-state index < -0.39 is 10.0 Å². The highest BCUT2D eigenvalue weighted by Crippen LogP contribution is 2.37. The number of nitrogens with two attached hydrogens (primary N) is 1. The number of nitrogens with one attached hydrogen (secondary N) is 1. The van der Waals surface area contributed by atoms with E-state index in [1.807, 2.05) is 13.0 Å². The number of aliphatic hydroxyl groups excluding tert-OH is 1. The number of benzene rings is 1. The predicted molar refractivity (Wildman–Crippen MR) is 82.2 cm³/mol. The molecule has 1 atom stereocenters. The van der Waals surface area contributed by atoms with E-state index in [0.717, 1.165) is 37.8 Å². The highest BCUT2D eigenvalue weighted by atomic mass is 32.2. The first kappa shape index (κ1) is 16.4. The highest BCUT2D eigenvalue weighted by Gasteiger charge is 2.33. The zero-order valence-corrected chi connectivity index (χ0v) is 13.2. The number of rotatable bonds is 6. The van der Waals surface area contributed by atoms with Gasteiger partial charge in [-0.05, 0) is 37.5 Å². The zero-order valence-electron chi connectivity index (χ0n) is 12.4. The maximum absolute atomic E-state index is 11.4. The van der Waals surface area contributed by atoms with Crippen LogP contribution in [0, 0.1) is 5.41 Å². The van der Waals surface area contributed by atoms with Crippen molar-refractivity contribution in [1.82, 2.24) is 5.32 Å². The van der Waals surface area contributed by atoms with Crippen molar-refractivity contribution in [3.05, 3.63) is 29.8 Å². The molecule has 1 aromatic rings. The fourth-order valence-corrected chi connectivity index (χ4v) is 3.53. The van der Waals surface area contributed by atoms with E-state index in [-0.39, 0.29) is 23.0 Å². The molecule has 1 aromatic carbocycles. The molecule has 0 bridgehead atoms. The summed E-state index contributed by atoms with van der Waals surface area (Å²) in [6, 6.07) is 6.69. The van der Waals surface area contributed by atoms with Gasteiger partial charge in [0.25, 0.3) is 0 Å². The van der Waals surface area contributed by atoms with E-state index in [0.29, 0.717) is 0 Å². The summed E-state index contributed by atoms with van der Waals surface area (Å²) in [7, 11) is -3.67. The van der Waals surface area contributed by atoms with Gasteiger partial charge in [0.1, 0.15) is 0 Å². The van der Waals surface area contributed by atoms with Crippen molar-refractivity contribution in [3.8, 4) is 0 Å². The Morgan fingerprint density at radius 2 is 2.05 bits per heavy atom. The van der Waals surface area contributed by atoms with E-state index in [1.54, 1.807) is 12.1 Å².